The number of rotatable bonds is 4. The molecule has 2 aliphatic rings. The van der Waals surface area contributed by atoms with Gasteiger partial charge in [0.2, 0.25) is 17.6 Å². The zero-order valence-corrected chi connectivity index (χ0v) is 22.1. The number of benzene rings is 2. The predicted octanol–water partition coefficient (Wildman–Crippen LogP) is 3.27. The molecule has 1 fully saturated rings. The average molecular weight is 583 g/mol. The third kappa shape index (κ3) is 5.48. The minimum Gasteiger partial charge on any atom is -0.335 e. The Hall–Kier alpha value is -3.52. The van der Waals surface area contributed by atoms with Crippen molar-refractivity contribution in [2.75, 3.05) is 23.7 Å². The molecule has 0 N–H and O–H groups in total. The van der Waals surface area contributed by atoms with Gasteiger partial charge in [-0.15, -0.1) is 10.2 Å². The molecule has 2 aliphatic heterocycles. The highest BCUT2D eigenvalue weighted by Crippen LogP contribution is 2.37. The molecule has 1 aromatic heterocycles. The number of aromatic nitrogens is 4. The SMILES string of the molecule is CC(=O)N1CC(n2nnc(-c3cc4c(cc3F)S(=O)(=O)CCC(=O)N4Cc3ccc(Cl)cc3)n2)CC(F)(F)C1. The van der Waals surface area contributed by atoms with E-state index in [0.29, 0.717) is 10.6 Å². The summed E-state index contributed by atoms with van der Waals surface area (Å²) in [6.07, 6.45) is -0.959. The number of tetrazole rings is 1. The number of piperidine rings is 1. The Morgan fingerprint density at radius 3 is 2.62 bits per heavy atom. The molecule has 0 saturated carbocycles. The van der Waals surface area contributed by atoms with Crippen LogP contribution in [0.4, 0.5) is 18.9 Å². The molecule has 3 heterocycles. The number of sulfone groups is 1. The first-order chi connectivity index (χ1) is 18.3. The molecule has 206 valence electrons. The molecule has 1 saturated heterocycles. The normalized spacial score (nSPS) is 20.4. The van der Waals surface area contributed by atoms with Crippen molar-refractivity contribution in [3.05, 3.63) is 52.8 Å². The van der Waals surface area contributed by atoms with Crippen LogP contribution in [-0.4, -0.2) is 70.1 Å². The van der Waals surface area contributed by atoms with Gasteiger partial charge in [-0.25, -0.2) is 21.6 Å². The van der Waals surface area contributed by atoms with Crippen LogP contribution in [0.2, 0.25) is 5.02 Å². The number of alkyl halides is 2. The molecule has 39 heavy (non-hydrogen) atoms. The molecular weight excluding hydrogens is 561 g/mol. The first-order valence-corrected chi connectivity index (χ1v) is 13.9. The summed E-state index contributed by atoms with van der Waals surface area (Å²) in [6.45, 7) is 0.345. The number of halogens is 4. The van der Waals surface area contributed by atoms with Gasteiger partial charge < -0.3 is 9.80 Å². The van der Waals surface area contributed by atoms with Gasteiger partial charge >= 0.3 is 0 Å². The topological polar surface area (TPSA) is 118 Å². The highest BCUT2D eigenvalue weighted by molar-refractivity contribution is 7.91. The fourth-order valence-electron chi connectivity index (χ4n) is 4.68. The van der Waals surface area contributed by atoms with E-state index in [9.17, 15) is 26.8 Å². The van der Waals surface area contributed by atoms with Gasteiger partial charge in [0.1, 0.15) is 5.82 Å². The lowest BCUT2D eigenvalue weighted by Gasteiger charge is -2.36. The van der Waals surface area contributed by atoms with Crippen LogP contribution in [0.5, 0.6) is 0 Å². The summed E-state index contributed by atoms with van der Waals surface area (Å²) in [4.78, 5) is 27.5. The van der Waals surface area contributed by atoms with Gasteiger partial charge in [-0.05, 0) is 35.0 Å². The van der Waals surface area contributed by atoms with E-state index >= 15 is 4.39 Å². The van der Waals surface area contributed by atoms with Crippen LogP contribution >= 0.6 is 11.6 Å². The fraction of sp³-hybridized carbons (Fsp3) is 0.375. The summed E-state index contributed by atoms with van der Waals surface area (Å²) < 4.78 is 69.7. The Bertz CT molecular complexity index is 1560. The fourth-order valence-corrected chi connectivity index (χ4v) is 6.24. The van der Waals surface area contributed by atoms with Gasteiger partial charge in [-0.2, -0.15) is 4.80 Å². The molecule has 15 heteroatoms. The van der Waals surface area contributed by atoms with E-state index in [1.54, 1.807) is 24.3 Å². The Morgan fingerprint density at radius 1 is 1.21 bits per heavy atom. The Labute approximate surface area is 226 Å². The highest BCUT2D eigenvalue weighted by Gasteiger charge is 2.43. The first-order valence-electron chi connectivity index (χ1n) is 11.9. The Balaban J connectivity index is 1.55. The maximum Gasteiger partial charge on any atom is 0.267 e. The van der Waals surface area contributed by atoms with Gasteiger partial charge in [-0.1, -0.05) is 23.7 Å². The summed E-state index contributed by atoms with van der Waals surface area (Å²) in [5, 5.41) is 12.2. The minimum absolute atomic E-state index is 0.0122. The maximum atomic E-state index is 15.3. The van der Waals surface area contributed by atoms with Crippen LogP contribution in [0.3, 0.4) is 0 Å². The van der Waals surface area contributed by atoms with E-state index in [2.05, 4.69) is 15.4 Å². The predicted molar refractivity (Wildman–Crippen MR) is 133 cm³/mol. The van der Waals surface area contributed by atoms with E-state index in [1.807, 2.05) is 0 Å². The molecule has 10 nitrogen and oxygen atoms in total. The summed E-state index contributed by atoms with van der Waals surface area (Å²) in [5.74, 6) is -5.99. The van der Waals surface area contributed by atoms with E-state index in [-0.39, 0.29) is 41.5 Å². The van der Waals surface area contributed by atoms with Crippen molar-refractivity contribution < 1.29 is 31.2 Å². The van der Waals surface area contributed by atoms with Crippen LogP contribution in [0.15, 0.2) is 41.3 Å². The van der Waals surface area contributed by atoms with E-state index < -0.39 is 58.2 Å². The molecule has 0 spiro atoms. The average Bonchev–Trinajstić information content (AvgIpc) is 3.33. The van der Waals surface area contributed by atoms with Crippen molar-refractivity contribution in [1.82, 2.24) is 25.1 Å². The largest absolute Gasteiger partial charge is 0.335 e. The molecule has 0 bridgehead atoms. The summed E-state index contributed by atoms with van der Waals surface area (Å²) >= 11 is 5.95. The lowest BCUT2D eigenvalue weighted by Crippen LogP contribution is -2.49. The van der Waals surface area contributed by atoms with Gasteiger partial charge in [0, 0.05) is 31.3 Å². The lowest BCUT2D eigenvalue weighted by molar-refractivity contribution is -0.143. The molecule has 1 unspecified atom stereocenters. The third-order valence-electron chi connectivity index (χ3n) is 6.64. The van der Waals surface area contributed by atoms with Gasteiger partial charge in [0.15, 0.2) is 9.84 Å². The molecule has 2 amide bonds. The van der Waals surface area contributed by atoms with Gasteiger partial charge in [0.25, 0.3) is 5.92 Å². The second-order valence-corrected chi connectivity index (χ2v) is 12.0. The second kappa shape index (κ2) is 9.90. The highest BCUT2D eigenvalue weighted by atomic mass is 35.5. The molecule has 5 rings (SSSR count). The number of carbonyl (C=O) groups is 2. The van der Waals surface area contributed by atoms with Crippen LogP contribution in [-0.2, 0) is 26.0 Å². The van der Waals surface area contributed by atoms with Crippen molar-refractivity contribution in [3.63, 3.8) is 0 Å². The zero-order valence-electron chi connectivity index (χ0n) is 20.5. The molecule has 1 atom stereocenters. The monoisotopic (exact) mass is 582 g/mol. The number of hydrogen-bond acceptors (Lipinski definition) is 7. The van der Waals surface area contributed by atoms with Gasteiger partial charge in [-0.3, -0.25) is 9.59 Å². The van der Waals surface area contributed by atoms with E-state index in [4.69, 9.17) is 11.6 Å². The quantitative estimate of drug-likeness (QED) is 0.463. The number of hydrogen-bond donors (Lipinski definition) is 0. The van der Waals surface area contributed by atoms with Crippen LogP contribution in [0.25, 0.3) is 11.4 Å². The molecule has 3 aromatic rings. The summed E-state index contributed by atoms with van der Waals surface area (Å²) in [7, 11) is -4.01. The second-order valence-electron chi connectivity index (χ2n) is 9.52. The standard InChI is InChI=1S/C24H22ClF3N6O4S/c1-14(35)32-12-17(10-24(27,28)13-32)34-30-23(29-31-34)18-8-20-21(9-19(18)26)39(37,38)7-6-22(36)33(20)11-15-2-4-16(25)5-3-15/h2-5,8-9,17H,6-7,10-13H2,1H3. The number of carbonyl (C=O) groups excluding carboxylic acids is 2. The Kier molecular flexibility index (Phi) is 6.87. The number of likely N-dealkylation sites (tertiary alicyclic amines) is 1. The van der Waals surface area contributed by atoms with E-state index in [0.717, 1.165) is 21.8 Å². The lowest BCUT2D eigenvalue weighted by atomic mass is 10.0. The first kappa shape index (κ1) is 27.1. The minimum atomic E-state index is -4.01. The zero-order chi connectivity index (χ0) is 28.1. The number of amides is 2. The molecule has 2 aromatic carbocycles. The Morgan fingerprint density at radius 2 is 1.92 bits per heavy atom. The summed E-state index contributed by atoms with van der Waals surface area (Å²) in [5.41, 5.74) is 0.324. The summed E-state index contributed by atoms with van der Waals surface area (Å²) in [6, 6.07) is 7.54. The third-order valence-corrected chi connectivity index (χ3v) is 8.63. The molecular formula is C24H22ClF3N6O4S. The van der Waals surface area contributed by atoms with Gasteiger partial charge in [0.05, 0.1) is 41.0 Å². The number of nitrogens with zero attached hydrogens (tertiary/aromatic N) is 6. The van der Waals surface area contributed by atoms with Crippen LogP contribution in [0, 0.1) is 5.82 Å². The smallest absolute Gasteiger partial charge is 0.267 e. The van der Waals surface area contributed by atoms with Crippen LogP contribution in [0.1, 0.15) is 31.4 Å². The van der Waals surface area contributed by atoms with Crippen molar-refractivity contribution in [3.8, 4) is 11.4 Å². The number of anilines is 1. The van der Waals surface area contributed by atoms with Crippen molar-refractivity contribution in [2.24, 2.45) is 0 Å². The van der Waals surface area contributed by atoms with Crippen molar-refractivity contribution in [1.29, 1.82) is 0 Å². The van der Waals surface area contributed by atoms with Crippen molar-refractivity contribution in [2.45, 2.75) is 43.2 Å². The van der Waals surface area contributed by atoms with E-state index in [1.165, 1.54) is 11.8 Å². The molecule has 0 aliphatic carbocycles. The van der Waals surface area contributed by atoms with Crippen molar-refractivity contribution >= 4 is 38.9 Å². The maximum absolute atomic E-state index is 15.3. The number of fused-ring (bicyclic) bond motifs is 1. The molecule has 0 radical (unpaired) electrons. The van der Waals surface area contributed by atoms with Crippen LogP contribution < -0.4 is 4.90 Å².